The number of nitrogens with zero attached hydrogens (tertiary/aromatic N) is 4. The molecule has 1 unspecified atom stereocenters. The second-order valence-corrected chi connectivity index (χ2v) is 5.74. The standard InChI is InChI=1S/C12H13N5O5S/c1-6-10(12(19)20)23-11(15-6)7(2)14-9(18)5-16-4-8(3-13-16)17(21)22/h3-4,7H,5H2,1-2H3,(H,14,18)(H,19,20). The van der Waals surface area contributed by atoms with Crippen molar-refractivity contribution in [1.82, 2.24) is 20.1 Å². The van der Waals surface area contributed by atoms with Crippen molar-refractivity contribution >= 4 is 28.9 Å². The number of thiazole rings is 1. The Morgan fingerprint density at radius 3 is 2.78 bits per heavy atom. The van der Waals surface area contributed by atoms with Gasteiger partial charge in [-0.1, -0.05) is 0 Å². The van der Waals surface area contributed by atoms with Crippen LogP contribution in [0.15, 0.2) is 12.4 Å². The largest absolute Gasteiger partial charge is 0.477 e. The lowest BCUT2D eigenvalue weighted by Crippen LogP contribution is -2.30. The fourth-order valence-electron chi connectivity index (χ4n) is 1.83. The molecule has 0 aliphatic heterocycles. The Hall–Kier alpha value is -2.82. The number of aryl methyl sites for hydroxylation is 1. The van der Waals surface area contributed by atoms with E-state index < -0.39 is 22.8 Å². The molecule has 0 saturated heterocycles. The number of carboxylic acids is 1. The first-order valence-electron chi connectivity index (χ1n) is 6.44. The van der Waals surface area contributed by atoms with Gasteiger partial charge in [-0.05, 0) is 13.8 Å². The Labute approximate surface area is 133 Å². The number of nitrogens with one attached hydrogen (secondary N) is 1. The molecule has 2 heterocycles. The number of nitro groups is 1. The van der Waals surface area contributed by atoms with E-state index in [1.54, 1.807) is 13.8 Å². The summed E-state index contributed by atoms with van der Waals surface area (Å²) >= 11 is 0.995. The molecule has 0 aromatic carbocycles. The lowest BCUT2D eigenvalue weighted by molar-refractivity contribution is -0.385. The Balaban J connectivity index is 2.00. The van der Waals surface area contributed by atoms with Gasteiger partial charge in [0.2, 0.25) is 5.91 Å². The summed E-state index contributed by atoms with van der Waals surface area (Å²) < 4.78 is 1.15. The number of rotatable bonds is 6. The van der Waals surface area contributed by atoms with E-state index in [0.29, 0.717) is 10.7 Å². The minimum Gasteiger partial charge on any atom is -0.477 e. The van der Waals surface area contributed by atoms with E-state index in [0.717, 1.165) is 28.4 Å². The van der Waals surface area contributed by atoms with E-state index in [2.05, 4.69) is 15.4 Å². The van der Waals surface area contributed by atoms with Crippen molar-refractivity contribution in [1.29, 1.82) is 0 Å². The zero-order valence-corrected chi connectivity index (χ0v) is 13.0. The summed E-state index contributed by atoms with van der Waals surface area (Å²) in [5.41, 5.74) is 0.189. The van der Waals surface area contributed by atoms with Crippen molar-refractivity contribution in [2.45, 2.75) is 26.4 Å². The average molecular weight is 339 g/mol. The Morgan fingerprint density at radius 2 is 2.26 bits per heavy atom. The Morgan fingerprint density at radius 1 is 1.57 bits per heavy atom. The van der Waals surface area contributed by atoms with E-state index in [-0.39, 0.29) is 17.1 Å². The number of aromatic carboxylic acids is 1. The third kappa shape index (κ3) is 3.88. The van der Waals surface area contributed by atoms with Crippen LogP contribution in [0.5, 0.6) is 0 Å². The monoisotopic (exact) mass is 339 g/mol. The molecule has 10 nitrogen and oxygen atoms in total. The topological polar surface area (TPSA) is 140 Å². The summed E-state index contributed by atoms with van der Waals surface area (Å²) in [6.07, 6.45) is 2.21. The van der Waals surface area contributed by atoms with Gasteiger partial charge in [0.1, 0.15) is 28.8 Å². The fraction of sp³-hybridized carbons (Fsp3) is 0.333. The first-order chi connectivity index (χ1) is 10.8. The number of carboxylic acid groups (broad SMARTS) is 1. The lowest BCUT2D eigenvalue weighted by atomic mass is 10.3. The minimum atomic E-state index is -1.06. The van der Waals surface area contributed by atoms with Crippen molar-refractivity contribution in [3.8, 4) is 0 Å². The molecule has 122 valence electrons. The molecule has 0 aliphatic rings. The van der Waals surface area contributed by atoms with Crippen molar-refractivity contribution in [3.63, 3.8) is 0 Å². The van der Waals surface area contributed by atoms with Gasteiger partial charge in [-0.25, -0.2) is 9.78 Å². The fourth-order valence-corrected chi connectivity index (χ4v) is 2.74. The van der Waals surface area contributed by atoms with E-state index in [4.69, 9.17) is 5.11 Å². The molecule has 2 aromatic heterocycles. The molecule has 0 spiro atoms. The molecule has 0 fully saturated rings. The maximum Gasteiger partial charge on any atom is 0.347 e. The Kier molecular flexibility index (Phi) is 4.69. The number of amides is 1. The van der Waals surface area contributed by atoms with Gasteiger partial charge >= 0.3 is 11.7 Å². The molecule has 0 saturated carbocycles. The Bertz CT molecular complexity index is 768. The van der Waals surface area contributed by atoms with Crippen LogP contribution >= 0.6 is 11.3 Å². The van der Waals surface area contributed by atoms with E-state index in [1.807, 2.05) is 0 Å². The first kappa shape index (κ1) is 16.5. The summed E-state index contributed by atoms with van der Waals surface area (Å²) in [6.45, 7) is 3.07. The molecule has 1 atom stereocenters. The summed E-state index contributed by atoms with van der Waals surface area (Å²) in [5.74, 6) is -1.48. The van der Waals surface area contributed by atoms with Gasteiger partial charge in [0, 0.05) is 0 Å². The van der Waals surface area contributed by atoms with E-state index in [1.165, 1.54) is 0 Å². The predicted molar refractivity (Wildman–Crippen MR) is 79.2 cm³/mol. The maximum atomic E-state index is 11.9. The number of hydrogen-bond donors (Lipinski definition) is 2. The average Bonchev–Trinajstić information content (AvgIpc) is 3.05. The molecular weight excluding hydrogens is 326 g/mol. The van der Waals surface area contributed by atoms with Crippen molar-refractivity contribution < 1.29 is 19.6 Å². The highest BCUT2D eigenvalue weighted by Gasteiger charge is 2.19. The van der Waals surface area contributed by atoms with Crippen LogP contribution in [0.1, 0.15) is 33.3 Å². The lowest BCUT2D eigenvalue weighted by Gasteiger charge is -2.10. The molecule has 1 amide bonds. The predicted octanol–water partition coefficient (Wildman–Crippen LogP) is 1.13. The quantitative estimate of drug-likeness (QED) is 0.593. The van der Waals surface area contributed by atoms with Crippen LogP contribution in [0, 0.1) is 17.0 Å². The molecule has 0 radical (unpaired) electrons. The molecular formula is C12H13N5O5S. The van der Waals surface area contributed by atoms with Gasteiger partial charge in [-0.15, -0.1) is 11.3 Å². The zero-order chi connectivity index (χ0) is 17.1. The van der Waals surface area contributed by atoms with Crippen LogP contribution in [0.4, 0.5) is 5.69 Å². The number of carbonyl (C=O) groups is 2. The van der Waals surface area contributed by atoms with Gasteiger partial charge in [-0.2, -0.15) is 5.10 Å². The van der Waals surface area contributed by atoms with Crippen LogP contribution in [-0.2, 0) is 11.3 Å². The van der Waals surface area contributed by atoms with Gasteiger partial charge in [0.05, 0.1) is 16.7 Å². The molecule has 0 bridgehead atoms. The summed E-state index contributed by atoms with van der Waals surface area (Å²) in [5, 5.41) is 26.4. The van der Waals surface area contributed by atoms with Crippen molar-refractivity contribution in [2.24, 2.45) is 0 Å². The highest BCUT2D eigenvalue weighted by molar-refractivity contribution is 7.13. The highest BCUT2D eigenvalue weighted by atomic mass is 32.1. The third-order valence-electron chi connectivity index (χ3n) is 2.89. The van der Waals surface area contributed by atoms with Crippen LogP contribution in [0.2, 0.25) is 0 Å². The molecule has 2 rings (SSSR count). The number of carbonyl (C=O) groups excluding carboxylic acids is 1. The van der Waals surface area contributed by atoms with Crippen molar-refractivity contribution in [2.75, 3.05) is 0 Å². The van der Waals surface area contributed by atoms with Gasteiger partial charge in [0.25, 0.3) is 0 Å². The third-order valence-corrected chi connectivity index (χ3v) is 4.22. The van der Waals surface area contributed by atoms with E-state index in [9.17, 15) is 19.7 Å². The van der Waals surface area contributed by atoms with Gasteiger partial charge in [0.15, 0.2) is 0 Å². The minimum absolute atomic E-state index is 0.129. The van der Waals surface area contributed by atoms with Crippen LogP contribution < -0.4 is 5.32 Å². The van der Waals surface area contributed by atoms with Gasteiger partial charge in [-0.3, -0.25) is 19.6 Å². The summed E-state index contributed by atoms with van der Waals surface area (Å²) in [6, 6.07) is -0.482. The maximum absolute atomic E-state index is 11.9. The highest BCUT2D eigenvalue weighted by Crippen LogP contribution is 2.23. The van der Waals surface area contributed by atoms with E-state index >= 15 is 0 Å². The summed E-state index contributed by atoms with van der Waals surface area (Å²) in [4.78, 5) is 37.1. The van der Waals surface area contributed by atoms with Crippen LogP contribution in [-0.4, -0.2) is 36.7 Å². The van der Waals surface area contributed by atoms with Crippen molar-refractivity contribution in [3.05, 3.63) is 38.1 Å². The van der Waals surface area contributed by atoms with Crippen LogP contribution in [0.25, 0.3) is 0 Å². The number of aromatic nitrogens is 3. The molecule has 2 aromatic rings. The van der Waals surface area contributed by atoms with Gasteiger partial charge < -0.3 is 10.4 Å². The second-order valence-electron chi connectivity index (χ2n) is 4.71. The summed E-state index contributed by atoms with van der Waals surface area (Å²) in [7, 11) is 0. The molecule has 23 heavy (non-hydrogen) atoms. The first-order valence-corrected chi connectivity index (χ1v) is 7.26. The van der Waals surface area contributed by atoms with Crippen LogP contribution in [0.3, 0.4) is 0 Å². The number of hydrogen-bond acceptors (Lipinski definition) is 7. The molecule has 0 aliphatic carbocycles. The molecule has 2 N–H and O–H groups in total. The normalized spacial score (nSPS) is 11.9. The SMILES string of the molecule is Cc1nc(C(C)NC(=O)Cn2cc([N+](=O)[O-])cn2)sc1C(=O)O. The zero-order valence-electron chi connectivity index (χ0n) is 12.2. The second kappa shape index (κ2) is 6.52. The molecule has 11 heteroatoms. The smallest absolute Gasteiger partial charge is 0.347 e.